The van der Waals surface area contributed by atoms with Crippen LogP contribution >= 0.6 is 0 Å². The molecule has 0 saturated carbocycles. The largest absolute Gasteiger partial charge is 0.293 e. The van der Waals surface area contributed by atoms with Crippen LogP contribution in [0.5, 0.6) is 0 Å². The van der Waals surface area contributed by atoms with Gasteiger partial charge in [0.1, 0.15) is 5.41 Å². The van der Waals surface area contributed by atoms with Crippen LogP contribution in [0, 0.1) is 0 Å². The van der Waals surface area contributed by atoms with E-state index in [1.165, 1.54) is 0 Å². The van der Waals surface area contributed by atoms with Gasteiger partial charge in [-0.3, -0.25) is 4.55 Å². The Morgan fingerprint density at radius 3 is 2.40 bits per heavy atom. The average Bonchev–Trinajstić information content (AvgIpc) is 2.17. The lowest BCUT2D eigenvalue weighted by molar-refractivity contribution is -0.583. The maximum Gasteiger partial charge on any atom is 0.293 e. The van der Waals surface area contributed by atoms with Crippen molar-refractivity contribution >= 4 is 15.8 Å². The molecule has 0 fully saturated rings. The van der Waals surface area contributed by atoms with Crippen LogP contribution in [-0.2, 0) is 10.1 Å². The number of aromatic nitrogens is 1. The predicted molar refractivity (Wildman–Crippen MR) is 57.4 cm³/mol. The maximum atomic E-state index is 10.8. The zero-order valence-electron chi connectivity index (χ0n) is 8.50. The average molecular weight is 228 g/mol. The van der Waals surface area contributed by atoms with E-state index in [2.05, 4.69) is 0 Å². The summed E-state index contributed by atoms with van der Waals surface area (Å²) in [6.45, 7) is 1.95. The minimum Gasteiger partial charge on any atom is -0.282 e. The molecule has 0 saturated heterocycles. The van der Waals surface area contributed by atoms with Gasteiger partial charge in [0.25, 0.3) is 10.1 Å². The molecule has 0 aliphatic carbocycles. The Bertz CT molecular complexity index is 437. The number of hydrogen-bond donors (Lipinski definition) is 1. The summed E-state index contributed by atoms with van der Waals surface area (Å²) in [5, 5.41) is 0.885. The quantitative estimate of drug-likeness (QED) is 0.627. The number of nitrogens with zero attached hydrogens (tertiary/aromatic N) is 1. The fraction of sp³-hybridized carbons (Fsp3) is 0.300. The van der Waals surface area contributed by atoms with Crippen LogP contribution < -0.4 is 4.57 Å². The molecule has 0 radical (unpaired) electrons. The van der Waals surface area contributed by atoms with Gasteiger partial charge in [0.05, 0.1) is 0 Å². The van der Waals surface area contributed by atoms with Gasteiger partial charge in [-0.05, 0) is 6.42 Å². The molecule has 1 N–H and O–H groups in total. The minimum atomic E-state index is -4.08. The smallest absolute Gasteiger partial charge is 0.282 e. The van der Waals surface area contributed by atoms with E-state index in [4.69, 9.17) is 4.55 Å². The number of allylic oxidation sites excluding steroid dienone is 1. The van der Waals surface area contributed by atoms with Crippen molar-refractivity contribution < 1.29 is 17.5 Å². The van der Waals surface area contributed by atoms with Gasteiger partial charge in [-0.2, -0.15) is 13.0 Å². The molecule has 1 aromatic rings. The van der Waals surface area contributed by atoms with Crippen LogP contribution in [0.25, 0.3) is 5.70 Å². The third-order valence-corrected chi connectivity index (χ3v) is 2.41. The molecular weight excluding hydrogens is 214 g/mol. The second-order valence-corrected chi connectivity index (χ2v) is 4.42. The molecule has 0 bridgehead atoms. The van der Waals surface area contributed by atoms with Gasteiger partial charge in [-0.15, -0.1) is 0 Å². The topological polar surface area (TPSA) is 58.3 Å². The minimum absolute atomic E-state index is 0.556. The molecule has 0 spiro atoms. The third-order valence-electron chi connectivity index (χ3n) is 1.84. The lowest BCUT2D eigenvalue weighted by Gasteiger charge is -1.98. The Morgan fingerprint density at radius 1 is 1.33 bits per heavy atom. The number of pyridine rings is 1. The fourth-order valence-electron chi connectivity index (χ4n) is 1.27. The summed E-state index contributed by atoms with van der Waals surface area (Å²) in [6, 6.07) is 5.44. The normalized spacial score (nSPS) is 12.8. The van der Waals surface area contributed by atoms with Crippen molar-refractivity contribution in [3.63, 3.8) is 0 Å². The van der Waals surface area contributed by atoms with E-state index < -0.39 is 10.1 Å². The van der Waals surface area contributed by atoms with Gasteiger partial charge >= 0.3 is 0 Å². The van der Waals surface area contributed by atoms with Crippen molar-refractivity contribution in [1.82, 2.24) is 0 Å². The van der Waals surface area contributed by atoms with E-state index in [1.54, 1.807) is 29.1 Å². The van der Waals surface area contributed by atoms with Gasteiger partial charge in [0.15, 0.2) is 12.4 Å². The van der Waals surface area contributed by atoms with E-state index in [-0.39, 0.29) is 0 Å². The molecule has 1 heterocycles. The Morgan fingerprint density at radius 2 is 1.93 bits per heavy atom. The fourth-order valence-corrected chi connectivity index (χ4v) is 1.85. The first kappa shape index (κ1) is 11.9. The third kappa shape index (κ3) is 4.22. The van der Waals surface area contributed by atoms with Gasteiger partial charge in [-0.25, -0.2) is 0 Å². The zero-order chi connectivity index (χ0) is 11.3. The van der Waals surface area contributed by atoms with Crippen LogP contribution in [0.1, 0.15) is 19.8 Å². The Labute approximate surface area is 89.6 Å². The first-order valence-electron chi connectivity index (χ1n) is 4.67. The summed E-state index contributed by atoms with van der Waals surface area (Å²) in [7, 11) is -4.08. The molecular formula is C10H14NO3S+. The highest BCUT2D eigenvalue weighted by molar-refractivity contribution is 7.88. The summed E-state index contributed by atoms with van der Waals surface area (Å²) in [5.74, 6) is 0. The molecule has 0 atom stereocenters. The molecule has 0 aromatic carbocycles. The molecule has 0 unspecified atom stereocenters. The first-order chi connectivity index (χ1) is 7.03. The first-order valence-corrected chi connectivity index (χ1v) is 6.18. The predicted octanol–water partition coefficient (Wildman–Crippen LogP) is 1.46. The highest BCUT2D eigenvalue weighted by Crippen LogP contribution is 2.06. The standard InChI is InChI=1S/C10H13NO3S/c1-2-6-10(9-15(12,13)14)11-7-4-3-5-8-11/h3-5,7-9H,2,6H2,1H3/p+1/b10-9-. The van der Waals surface area contributed by atoms with Gasteiger partial charge < -0.3 is 0 Å². The summed E-state index contributed by atoms with van der Waals surface area (Å²) >= 11 is 0. The summed E-state index contributed by atoms with van der Waals surface area (Å²) in [4.78, 5) is 0. The number of rotatable bonds is 4. The van der Waals surface area contributed by atoms with E-state index in [0.29, 0.717) is 12.1 Å². The summed E-state index contributed by atoms with van der Waals surface area (Å²) in [5.41, 5.74) is 0.556. The molecule has 5 heteroatoms. The van der Waals surface area contributed by atoms with Crippen LogP contribution in [-0.4, -0.2) is 13.0 Å². The van der Waals surface area contributed by atoms with Crippen molar-refractivity contribution in [2.24, 2.45) is 0 Å². The lowest BCUT2D eigenvalue weighted by atomic mass is 10.2. The molecule has 1 aromatic heterocycles. The highest BCUT2D eigenvalue weighted by Gasteiger charge is 2.12. The molecule has 82 valence electrons. The van der Waals surface area contributed by atoms with Crippen LogP contribution in [0.2, 0.25) is 0 Å². The van der Waals surface area contributed by atoms with Gasteiger partial charge in [-0.1, -0.05) is 13.0 Å². The molecule has 0 aliphatic rings. The second kappa shape index (κ2) is 5.04. The molecule has 0 amide bonds. The van der Waals surface area contributed by atoms with Crippen molar-refractivity contribution in [1.29, 1.82) is 0 Å². The SMILES string of the molecule is CCC/C(=C/S(=O)(=O)O)[n+]1ccccc1. The Hall–Kier alpha value is -1.20. The maximum absolute atomic E-state index is 10.8. The Balaban J connectivity index is 3.10. The highest BCUT2D eigenvalue weighted by atomic mass is 32.2. The van der Waals surface area contributed by atoms with E-state index in [1.807, 2.05) is 13.0 Å². The molecule has 4 nitrogen and oxygen atoms in total. The van der Waals surface area contributed by atoms with Crippen molar-refractivity contribution in [2.45, 2.75) is 19.8 Å². The molecule has 15 heavy (non-hydrogen) atoms. The number of hydrogen-bond acceptors (Lipinski definition) is 2. The summed E-state index contributed by atoms with van der Waals surface area (Å²) in [6.07, 6.45) is 4.89. The van der Waals surface area contributed by atoms with Gasteiger partial charge in [0.2, 0.25) is 5.70 Å². The lowest BCUT2D eigenvalue weighted by Crippen LogP contribution is -2.31. The molecule has 0 aliphatic heterocycles. The van der Waals surface area contributed by atoms with Crippen molar-refractivity contribution in [3.05, 3.63) is 36.0 Å². The van der Waals surface area contributed by atoms with Gasteiger partial charge in [0, 0.05) is 18.6 Å². The monoisotopic (exact) mass is 228 g/mol. The van der Waals surface area contributed by atoms with E-state index in [0.717, 1.165) is 11.8 Å². The Kier molecular flexibility index (Phi) is 3.99. The zero-order valence-corrected chi connectivity index (χ0v) is 9.31. The summed E-state index contributed by atoms with van der Waals surface area (Å²) < 4.78 is 31.9. The van der Waals surface area contributed by atoms with Crippen LogP contribution in [0.15, 0.2) is 36.0 Å². The van der Waals surface area contributed by atoms with E-state index >= 15 is 0 Å². The van der Waals surface area contributed by atoms with Crippen LogP contribution in [0.3, 0.4) is 0 Å². The van der Waals surface area contributed by atoms with E-state index in [9.17, 15) is 8.42 Å². The van der Waals surface area contributed by atoms with Crippen molar-refractivity contribution in [2.75, 3.05) is 0 Å². The van der Waals surface area contributed by atoms with Crippen molar-refractivity contribution in [3.8, 4) is 0 Å². The van der Waals surface area contributed by atoms with Crippen LogP contribution in [0.4, 0.5) is 0 Å². The molecule has 1 rings (SSSR count). The second-order valence-electron chi connectivity index (χ2n) is 3.16.